The third kappa shape index (κ3) is 2.47. The van der Waals surface area contributed by atoms with Crippen molar-refractivity contribution in [3.63, 3.8) is 0 Å². The molecule has 2 heterocycles. The van der Waals surface area contributed by atoms with Crippen molar-refractivity contribution >= 4 is 10.9 Å². The van der Waals surface area contributed by atoms with Gasteiger partial charge < -0.3 is 10.4 Å². The van der Waals surface area contributed by atoms with Crippen LogP contribution in [0.25, 0.3) is 10.9 Å². The number of hydrogen-bond acceptors (Lipinski definition) is 3. The fourth-order valence-electron chi connectivity index (χ4n) is 2.87. The number of benzene rings is 1. The number of aliphatic hydroxyl groups excluding tert-OH is 1. The third-order valence-corrected chi connectivity index (χ3v) is 4.14. The average molecular weight is 268 g/mol. The Bertz CT molecular complexity index is 636. The first kappa shape index (κ1) is 13.3. The number of nitrogens with one attached hydrogen (secondary N) is 1. The molecule has 1 aromatic carbocycles. The molecule has 0 unspecified atom stereocenters. The molecular weight excluding hydrogens is 248 g/mol. The highest BCUT2D eigenvalue weighted by molar-refractivity contribution is 5.78. The summed E-state index contributed by atoms with van der Waals surface area (Å²) in [5, 5.41) is 14.2. The van der Waals surface area contributed by atoms with E-state index in [9.17, 15) is 5.11 Å². The number of nitrogens with zero attached hydrogens (tertiary/aromatic N) is 1. The maximum absolute atomic E-state index is 9.52. The molecule has 104 valence electrons. The maximum Gasteiger partial charge on any atom is 0.0702 e. The molecule has 0 radical (unpaired) electrons. The van der Waals surface area contributed by atoms with Gasteiger partial charge in [0.25, 0.3) is 0 Å². The van der Waals surface area contributed by atoms with Crippen molar-refractivity contribution in [3.05, 3.63) is 53.7 Å². The molecule has 1 aromatic heterocycles. The lowest BCUT2D eigenvalue weighted by atomic mass is 9.89. The summed E-state index contributed by atoms with van der Waals surface area (Å²) in [6.07, 6.45) is 5.14. The number of para-hydroxylation sites is 1. The lowest BCUT2D eigenvalue weighted by molar-refractivity contribution is 0.299. The second-order valence-electron chi connectivity index (χ2n) is 5.35. The van der Waals surface area contributed by atoms with Crippen LogP contribution in [-0.4, -0.2) is 23.2 Å². The molecular formula is C17H20N2O. The van der Waals surface area contributed by atoms with Gasteiger partial charge in [-0.1, -0.05) is 31.2 Å². The monoisotopic (exact) mass is 268 g/mol. The van der Waals surface area contributed by atoms with Gasteiger partial charge in [-0.3, -0.25) is 4.98 Å². The SMILES string of the molecule is CC[C@@H]1CN[C@H](c2cnc3ccccc3c2)C=C1CO. The van der Waals surface area contributed by atoms with Crippen molar-refractivity contribution in [2.75, 3.05) is 13.2 Å². The van der Waals surface area contributed by atoms with E-state index in [1.54, 1.807) is 0 Å². The van der Waals surface area contributed by atoms with Crippen LogP contribution < -0.4 is 5.32 Å². The van der Waals surface area contributed by atoms with Crippen LogP contribution in [0.15, 0.2) is 48.2 Å². The molecule has 0 saturated heterocycles. The minimum Gasteiger partial charge on any atom is -0.392 e. The van der Waals surface area contributed by atoms with Gasteiger partial charge in [0, 0.05) is 18.1 Å². The summed E-state index contributed by atoms with van der Waals surface area (Å²) < 4.78 is 0. The van der Waals surface area contributed by atoms with Crippen molar-refractivity contribution in [1.82, 2.24) is 10.3 Å². The van der Waals surface area contributed by atoms with Crippen molar-refractivity contribution in [1.29, 1.82) is 0 Å². The minimum absolute atomic E-state index is 0.150. The lowest BCUT2D eigenvalue weighted by Gasteiger charge is -2.29. The molecule has 0 fully saturated rings. The second-order valence-corrected chi connectivity index (χ2v) is 5.35. The van der Waals surface area contributed by atoms with E-state index in [4.69, 9.17) is 0 Å². The first-order valence-corrected chi connectivity index (χ1v) is 7.21. The second kappa shape index (κ2) is 5.73. The van der Waals surface area contributed by atoms with Crippen LogP contribution in [0.2, 0.25) is 0 Å². The Balaban J connectivity index is 1.95. The molecule has 0 spiro atoms. The molecule has 20 heavy (non-hydrogen) atoms. The molecule has 1 aliphatic rings. The molecule has 0 amide bonds. The van der Waals surface area contributed by atoms with Crippen LogP contribution in [-0.2, 0) is 0 Å². The Morgan fingerprint density at radius 1 is 1.35 bits per heavy atom. The van der Waals surface area contributed by atoms with Gasteiger partial charge in [-0.2, -0.15) is 0 Å². The standard InChI is InChI=1S/C17H20N2O/c1-2-12-9-19-17(8-15(12)11-20)14-7-13-5-3-4-6-16(13)18-10-14/h3-8,10,12,17,19-20H,2,9,11H2,1H3/t12-,17+/m1/s1. The highest BCUT2D eigenvalue weighted by Gasteiger charge is 2.21. The Kier molecular flexibility index (Phi) is 3.81. The smallest absolute Gasteiger partial charge is 0.0702 e. The van der Waals surface area contributed by atoms with Gasteiger partial charge in [0.1, 0.15) is 0 Å². The number of aromatic nitrogens is 1. The van der Waals surface area contributed by atoms with E-state index < -0.39 is 0 Å². The van der Waals surface area contributed by atoms with E-state index in [-0.39, 0.29) is 12.6 Å². The van der Waals surface area contributed by atoms with Gasteiger partial charge in [-0.15, -0.1) is 0 Å². The Hall–Kier alpha value is -1.71. The molecule has 0 saturated carbocycles. The van der Waals surface area contributed by atoms with Gasteiger partial charge in [-0.25, -0.2) is 0 Å². The molecule has 3 nitrogen and oxygen atoms in total. The van der Waals surface area contributed by atoms with E-state index in [1.807, 2.05) is 24.4 Å². The summed E-state index contributed by atoms with van der Waals surface area (Å²) in [7, 11) is 0. The topological polar surface area (TPSA) is 45.2 Å². The Morgan fingerprint density at radius 2 is 2.20 bits per heavy atom. The van der Waals surface area contributed by atoms with Gasteiger partial charge in [0.2, 0.25) is 0 Å². The summed E-state index contributed by atoms with van der Waals surface area (Å²) in [5.74, 6) is 0.449. The number of hydrogen-bond donors (Lipinski definition) is 2. The van der Waals surface area contributed by atoms with Gasteiger partial charge in [0.05, 0.1) is 18.2 Å². The number of fused-ring (bicyclic) bond motifs is 1. The molecule has 3 heteroatoms. The molecule has 2 aromatic rings. The van der Waals surface area contributed by atoms with Crippen molar-refractivity contribution < 1.29 is 5.11 Å². The van der Waals surface area contributed by atoms with Gasteiger partial charge >= 0.3 is 0 Å². The van der Waals surface area contributed by atoms with E-state index in [0.717, 1.165) is 35.0 Å². The maximum atomic E-state index is 9.52. The van der Waals surface area contributed by atoms with Crippen molar-refractivity contribution in [2.45, 2.75) is 19.4 Å². The van der Waals surface area contributed by atoms with E-state index in [1.165, 1.54) is 0 Å². The molecule has 2 N–H and O–H groups in total. The van der Waals surface area contributed by atoms with Crippen LogP contribution in [0.4, 0.5) is 0 Å². The summed E-state index contributed by atoms with van der Waals surface area (Å²) in [4.78, 5) is 4.51. The van der Waals surface area contributed by atoms with Crippen LogP contribution in [0.5, 0.6) is 0 Å². The van der Waals surface area contributed by atoms with Crippen LogP contribution in [0.1, 0.15) is 24.9 Å². The summed E-state index contributed by atoms with van der Waals surface area (Å²) in [6, 6.07) is 10.5. The summed E-state index contributed by atoms with van der Waals surface area (Å²) >= 11 is 0. The summed E-state index contributed by atoms with van der Waals surface area (Å²) in [6.45, 7) is 3.23. The Morgan fingerprint density at radius 3 is 3.00 bits per heavy atom. The zero-order valence-electron chi connectivity index (χ0n) is 11.7. The molecule has 0 aliphatic carbocycles. The predicted octanol–water partition coefficient (Wildman–Crippen LogP) is 2.82. The fraction of sp³-hybridized carbons (Fsp3) is 0.353. The lowest BCUT2D eigenvalue weighted by Crippen LogP contribution is -2.33. The predicted molar refractivity (Wildman–Crippen MR) is 81.4 cm³/mol. The summed E-state index contributed by atoms with van der Waals surface area (Å²) in [5.41, 5.74) is 3.32. The molecule has 3 rings (SSSR count). The average Bonchev–Trinajstić information content (AvgIpc) is 2.53. The number of pyridine rings is 1. The van der Waals surface area contributed by atoms with Crippen molar-refractivity contribution in [2.24, 2.45) is 5.92 Å². The number of aliphatic hydroxyl groups is 1. The zero-order chi connectivity index (χ0) is 13.9. The van der Waals surface area contributed by atoms with Crippen LogP contribution in [0, 0.1) is 5.92 Å². The number of rotatable bonds is 3. The largest absolute Gasteiger partial charge is 0.392 e. The highest BCUT2D eigenvalue weighted by Crippen LogP contribution is 2.27. The van der Waals surface area contributed by atoms with E-state index in [0.29, 0.717) is 5.92 Å². The quantitative estimate of drug-likeness (QED) is 0.841. The third-order valence-electron chi connectivity index (χ3n) is 4.14. The highest BCUT2D eigenvalue weighted by atomic mass is 16.3. The first-order valence-electron chi connectivity index (χ1n) is 7.21. The first-order chi connectivity index (χ1) is 9.81. The zero-order valence-corrected chi connectivity index (χ0v) is 11.7. The van der Waals surface area contributed by atoms with E-state index in [2.05, 4.69) is 35.4 Å². The fourth-order valence-corrected chi connectivity index (χ4v) is 2.87. The Labute approximate surface area is 119 Å². The van der Waals surface area contributed by atoms with Gasteiger partial charge in [-0.05, 0) is 35.6 Å². The van der Waals surface area contributed by atoms with Gasteiger partial charge in [0.15, 0.2) is 0 Å². The van der Waals surface area contributed by atoms with Crippen molar-refractivity contribution in [3.8, 4) is 0 Å². The van der Waals surface area contributed by atoms with E-state index >= 15 is 0 Å². The minimum atomic E-state index is 0.150. The normalized spacial score (nSPS) is 22.8. The molecule has 1 aliphatic heterocycles. The molecule has 0 bridgehead atoms. The van der Waals surface area contributed by atoms with Crippen LogP contribution in [0.3, 0.4) is 0 Å². The molecule has 2 atom stereocenters. The van der Waals surface area contributed by atoms with Crippen LogP contribution >= 0.6 is 0 Å².